The van der Waals surface area contributed by atoms with E-state index in [1.165, 1.54) is 5.56 Å². The molecule has 2 aromatic heterocycles. The van der Waals surface area contributed by atoms with E-state index in [0.29, 0.717) is 16.7 Å². The van der Waals surface area contributed by atoms with E-state index in [4.69, 9.17) is 16.6 Å². The Labute approximate surface area is 186 Å². The molecule has 0 radical (unpaired) electrons. The Balaban J connectivity index is 1.63. The summed E-state index contributed by atoms with van der Waals surface area (Å²) in [6, 6.07) is 7.51. The molecule has 1 aliphatic heterocycles. The number of nitrogens with one attached hydrogen (secondary N) is 2. The van der Waals surface area contributed by atoms with E-state index in [0.717, 1.165) is 47.6 Å². The summed E-state index contributed by atoms with van der Waals surface area (Å²) in [6.45, 7) is 2.98. The van der Waals surface area contributed by atoms with Gasteiger partial charge in [0.25, 0.3) is 0 Å². The molecule has 0 aliphatic carbocycles. The summed E-state index contributed by atoms with van der Waals surface area (Å²) < 4.78 is 0. The molecule has 2 N–H and O–H groups in total. The summed E-state index contributed by atoms with van der Waals surface area (Å²) in [5.41, 5.74) is 5.89. The fraction of sp³-hybridized carbons (Fsp3) is 0.304. The Bertz CT molecular complexity index is 1130. The van der Waals surface area contributed by atoms with Crippen molar-refractivity contribution >= 4 is 34.8 Å². The fourth-order valence-electron chi connectivity index (χ4n) is 3.58. The van der Waals surface area contributed by atoms with Crippen molar-refractivity contribution in [3.8, 4) is 11.3 Å². The molecule has 0 bridgehead atoms. The maximum Gasteiger partial charge on any atom is 0.228 e. The highest BCUT2D eigenvalue weighted by Gasteiger charge is 2.21. The van der Waals surface area contributed by atoms with E-state index in [9.17, 15) is 4.79 Å². The summed E-state index contributed by atoms with van der Waals surface area (Å²) in [6.07, 6.45) is 5.85. The van der Waals surface area contributed by atoms with Crippen molar-refractivity contribution in [3.63, 3.8) is 0 Å². The standard InChI is InChI=1S/C23H25ClN6O/c1-14-19(9-15(12-25-14)5-4-8-30(2)3)28-23-26-13-16-10-21(31)27-20-11-17(24)6-7-18(20)22(16)29-23/h6-7,9,11-13H,4-5,8,10H2,1-3H3,(H,27,31)(H,26,28,29). The van der Waals surface area contributed by atoms with Crippen molar-refractivity contribution in [2.75, 3.05) is 31.3 Å². The Hall–Kier alpha value is -3.03. The zero-order valence-corrected chi connectivity index (χ0v) is 18.6. The van der Waals surface area contributed by atoms with Gasteiger partial charge >= 0.3 is 0 Å². The van der Waals surface area contributed by atoms with Gasteiger partial charge in [0.2, 0.25) is 11.9 Å². The second-order valence-electron chi connectivity index (χ2n) is 7.99. The zero-order chi connectivity index (χ0) is 22.0. The van der Waals surface area contributed by atoms with Crippen molar-refractivity contribution in [2.24, 2.45) is 0 Å². The van der Waals surface area contributed by atoms with E-state index in [2.05, 4.69) is 45.7 Å². The Kier molecular flexibility index (Phi) is 6.15. The molecule has 0 unspecified atom stereocenters. The molecule has 160 valence electrons. The first kappa shape index (κ1) is 21.2. The van der Waals surface area contributed by atoms with Gasteiger partial charge in [-0.3, -0.25) is 9.78 Å². The second kappa shape index (κ2) is 8.99. The molecule has 0 fully saturated rings. The second-order valence-corrected chi connectivity index (χ2v) is 8.43. The number of aryl methyl sites for hydroxylation is 2. The smallest absolute Gasteiger partial charge is 0.228 e. The van der Waals surface area contributed by atoms with Crippen LogP contribution in [-0.4, -0.2) is 46.4 Å². The van der Waals surface area contributed by atoms with Crippen molar-refractivity contribution in [2.45, 2.75) is 26.2 Å². The number of hydrogen-bond acceptors (Lipinski definition) is 6. The van der Waals surface area contributed by atoms with E-state index in [1.54, 1.807) is 18.3 Å². The predicted molar refractivity (Wildman–Crippen MR) is 124 cm³/mol. The van der Waals surface area contributed by atoms with Gasteiger partial charge in [-0.2, -0.15) is 0 Å². The quantitative estimate of drug-likeness (QED) is 0.601. The highest BCUT2D eigenvalue weighted by Crippen LogP contribution is 2.35. The highest BCUT2D eigenvalue weighted by molar-refractivity contribution is 6.31. The average Bonchev–Trinajstić information content (AvgIpc) is 2.84. The van der Waals surface area contributed by atoms with E-state index in [-0.39, 0.29) is 12.3 Å². The maximum absolute atomic E-state index is 12.3. The number of halogens is 1. The third-order valence-electron chi connectivity index (χ3n) is 5.19. The van der Waals surface area contributed by atoms with Gasteiger partial charge in [-0.25, -0.2) is 9.97 Å². The van der Waals surface area contributed by atoms with Crippen LogP contribution in [0, 0.1) is 6.92 Å². The van der Waals surface area contributed by atoms with Crippen LogP contribution in [0.3, 0.4) is 0 Å². The molecule has 8 heteroatoms. The number of pyridine rings is 1. The van der Waals surface area contributed by atoms with Gasteiger partial charge in [-0.1, -0.05) is 11.6 Å². The molecule has 0 saturated heterocycles. The summed E-state index contributed by atoms with van der Waals surface area (Å²) in [7, 11) is 4.15. The number of carbonyl (C=O) groups is 1. The number of amides is 1. The molecule has 3 heterocycles. The fourth-order valence-corrected chi connectivity index (χ4v) is 3.75. The minimum Gasteiger partial charge on any atom is -0.325 e. The number of nitrogens with zero attached hydrogens (tertiary/aromatic N) is 4. The first-order valence-electron chi connectivity index (χ1n) is 10.2. The molecule has 4 rings (SSSR count). The monoisotopic (exact) mass is 436 g/mol. The van der Waals surface area contributed by atoms with Crippen LogP contribution in [-0.2, 0) is 17.6 Å². The van der Waals surface area contributed by atoms with Crippen LogP contribution >= 0.6 is 11.6 Å². The third-order valence-corrected chi connectivity index (χ3v) is 5.42. The number of aromatic nitrogens is 3. The first-order valence-corrected chi connectivity index (χ1v) is 10.6. The van der Waals surface area contributed by atoms with Crippen LogP contribution in [0.2, 0.25) is 5.02 Å². The van der Waals surface area contributed by atoms with Crippen LogP contribution in [0.1, 0.15) is 23.2 Å². The molecular weight excluding hydrogens is 412 g/mol. The number of benzene rings is 1. The summed E-state index contributed by atoms with van der Waals surface area (Å²) in [5, 5.41) is 6.77. The predicted octanol–water partition coefficient (Wildman–Crippen LogP) is 4.23. The van der Waals surface area contributed by atoms with Gasteiger partial charge < -0.3 is 15.5 Å². The lowest BCUT2D eigenvalue weighted by molar-refractivity contribution is -0.115. The number of fused-ring (bicyclic) bond motifs is 3. The molecule has 0 saturated carbocycles. The van der Waals surface area contributed by atoms with Crippen LogP contribution < -0.4 is 10.6 Å². The topological polar surface area (TPSA) is 83.0 Å². The Morgan fingerprint density at radius 1 is 1.19 bits per heavy atom. The van der Waals surface area contributed by atoms with E-state index >= 15 is 0 Å². The molecule has 1 aromatic carbocycles. The van der Waals surface area contributed by atoms with E-state index < -0.39 is 0 Å². The normalized spacial score (nSPS) is 12.7. The van der Waals surface area contributed by atoms with Crippen molar-refractivity contribution < 1.29 is 4.79 Å². The first-order chi connectivity index (χ1) is 14.9. The SMILES string of the molecule is Cc1ncc(CCCN(C)C)cc1Nc1ncc2c(n1)-c1ccc(Cl)cc1NC(=O)C2. The van der Waals surface area contributed by atoms with Crippen molar-refractivity contribution in [1.29, 1.82) is 0 Å². The van der Waals surface area contributed by atoms with Crippen LogP contribution in [0.15, 0.2) is 36.7 Å². The number of hydrogen-bond donors (Lipinski definition) is 2. The van der Waals surface area contributed by atoms with Crippen LogP contribution in [0.5, 0.6) is 0 Å². The van der Waals surface area contributed by atoms with Gasteiger partial charge in [0.05, 0.1) is 29.2 Å². The highest BCUT2D eigenvalue weighted by atomic mass is 35.5. The molecule has 1 aliphatic rings. The molecular formula is C23H25ClN6O. The summed E-state index contributed by atoms with van der Waals surface area (Å²) >= 11 is 6.12. The zero-order valence-electron chi connectivity index (χ0n) is 17.9. The van der Waals surface area contributed by atoms with Crippen LogP contribution in [0.25, 0.3) is 11.3 Å². The minimum atomic E-state index is -0.114. The lowest BCUT2D eigenvalue weighted by Crippen LogP contribution is -2.13. The maximum atomic E-state index is 12.3. The molecule has 7 nitrogen and oxygen atoms in total. The van der Waals surface area contributed by atoms with Gasteiger partial charge in [0, 0.05) is 28.5 Å². The molecule has 31 heavy (non-hydrogen) atoms. The van der Waals surface area contributed by atoms with Gasteiger partial charge in [0.1, 0.15) is 0 Å². The molecule has 3 aromatic rings. The number of anilines is 3. The Morgan fingerprint density at radius 3 is 2.84 bits per heavy atom. The third kappa shape index (κ3) is 5.00. The average molecular weight is 437 g/mol. The molecule has 1 amide bonds. The number of carbonyl (C=O) groups excluding carboxylic acids is 1. The Morgan fingerprint density at radius 2 is 2.03 bits per heavy atom. The van der Waals surface area contributed by atoms with Crippen molar-refractivity contribution in [1.82, 2.24) is 19.9 Å². The van der Waals surface area contributed by atoms with Gasteiger partial charge in [-0.15, -0.1) is 0 Å². The van der Waals surface area contributed by atoms with E-state index in [1.807, 2.05) is 19.2 Å². The van der Waals surface area contributed by atoms with Gasteiger partial charge in [0.15, 0.2) is 0 Å². The summed E-state index contributed by atoms with van der Waals surface area (Å²) in [4.78, 5) is 28.2. The molecule has 0 spiro atoms. The largest absolute Gasteiger partial charge is 0.325 e. The molecule has 0 atom stereocenters. The lowest BCUT2D eigenvalue weighted by Gasteiger charge is -2.13. The van der Waals surface area contributed by atoms with Gasteiger partial charge in [-0.05, 0) is 70.2 Å². The van der Waals surface area contributed by atoms with Crippen molar-refractivity contribution in [3.05, 3.63) is 58.5 Å². The summed E-state index contributed by atoms with van der Waals surface area (Å²) in [5.74, 6) is 0.349. The van der Waals surface area contributed by atoms with Crippen LogP contribution in [0.4, 0.5) is 17.3 Å². The minimum absolute atomic E-state index is 0.114. The number of rotatable bonds is 6. The lowest BCUT2D eigenvalue weighted by atomic mass is 10.1.